The van der Waals surface area contributed by atoms with Crippen LogP contribution in [0.3, 0.4) is 0 Å². The van der Waals surface area contributed by atoms with E-state index in [9.17, 15) is 0 Å². The highest BCUT2D eigenvalue weighted by molar-refractivity contribution is 7.99. The first kappa shape index (κ1) is 17.8. The van der Waals surface area contributed by atoms with Crippen LogP contribution in [0.25, 0.3) is 15.9 Å². The SMILES string of the molecule is [C-]#[N+]c1ccc2oc(N3CCN(Cc4cnc(SCC)nc4)CC3)nc2c1. The summed E-state index contributed by atoms with van der Waals surface area (Å²) >= 11 is 1.66. The molecule has 0 radical (unpaired) electrons. The molecule has 0 spiro atoms. The van der Waals surface area contributed by atoms with Gasteiger partial charge in [-0.1, -0.05) is 24.8 Å². The average Bonchev–Trinajstić information content (AvgIpc) is 3.13. The number of rotatable bonds is 5. The first-order chi connectivity index (χ1) is 13.2. The Kier molecular flexibility index (Phi) is 5.23. The van der Waals surface area contributed by atoms with E-state index in [2.05, 4.69) is 36.5 Å². The van der Waals surface area contributed by atoms with Crippen molar-refractivity contribution < 1.29 is 4.42 Å². The van der Waals surface area contributed by atoms with Crippen LogP contribution in [0, 0.1) is 6.57 Å². The van der Waals surface area contributed by atoms with Crippen molar-refractivity contribution in [3.05, 3.63) is 47.6 Å². The Morgan fingerprint density at radius 3 is 2.67 bits per heavy atom. The van der Waals surface area contributed by atoms with Crippen molar-refractivity contribution in [3.8, 4) is 0 Å². The lowest BCUT2D eigenvalue weighted by atomic mass is 10.2. The van der Waals surface area contributed by atoms with Crippen LogP contribution in [0.15, 0.2) is 40.2 Å². The second-order valence-electron chi connectivity index (χ2n) is 6.33. The molecule has 1 aromatic carbocycles. The summed E-state index contributed by atoms with van der Waals surface area (Å²) in [6.07, 6.45) is 3.85. The second kappa shape index (κ2) is 7.94. The van der Waals surface area contributed by atoms with Gasteiger partial charge in [0.05, 0.1) is 6.57 Å². The Morgan fingerprint density at radius 1 is 1.19 bits per heavy atom. The molecule has 1 saturated heterocycles. The number of fused-ring (bicyclic) bond motifs is 1. The van der Waals surface area contributed by atoms with Crippen molar-refractivity contribution in [3.63, 3.8) is 0 Å². The minimum Gasteiger partial charge on any atom is -0.424 e. The van der Waals surface area contributed by atoms with Crippen molar-refractivity contribution in [2.75, 3.05) is 36.8 Å². The minimum atomic E-state index is 0.581. The number of hydrogen-bond acceptors (Lipinski definition) is 7. The lowest BCUT2D eigenvalue weighted by Crippen LogP contribution is -2.46. The Bertz CT molecular complexity index is 956. The van der Waals surface area contributed by atoms with E-state index in [1.54, 1.807) is 23.9 Å². The number of hydrogen-bond donors (Lipinski definition) is 0. The van der Waals surface area contributed by atoms with Crippen LogP contribution in [0.2, 0.25) is 0 Å². The van der Waals surface area contributed by atoms with Gasteiger partial charge in [0.2, 0.25) is 0 Å². The zero-order valence-electron chi connectivity index (χ0n) is 15.1. The van der Waals surface area contributed by atoms with Gasteiger partial charge in [0, 0.05) is 50.7 Å². The number of benzene rings is 1. The Labute approximate surface area is 162 Å². The lowest BCUT2D eigenvalue weighted by molar-refractivity contribution is 0.245. The average molecular weight is 380 g/mol. The molecule has 0 amide bonds. The monoisotopic (exact) mass is 380 g/mol. The molecule has 8 heteroatoms. The third kappa shape index (κ3) is 4.04. The molecule has 4 rings (SSSR count). The minimum absolute atomic E-state index is 0.581. The number of piperazine rings is 1. The predicted molar refractivity (Wildman–Crippen MR) is 106 cm³/mol. The van der Waals surface area contributed by atoms with E-state index in [4.69, 9.17) is 11.0 Å². The number of oxazole rings is 1. The number of thioether (sulfide) groups is 1. The van der Waals surface area contributed by atoms with E-state index in [1.165, 1.54) is 0 Å². The van der Waals surface area contributed by atoms with Crippen LogP contribution in [0.4, 0.5) is 11.7 Å². The molecule has 3 heterocycles. The van der Waals surface area contributed by atoms with E-state index < -0.39 is 0 Å². The maximum Gasteiger partial charge on any atom is 0.298 e. The summed E-state index contributed by atoms with van der Waals surface area (Å²) < 4.78 is 5.87. The number of nitrogens with zero attached hydrogens (tertiary/aromatic N) is 6. The molecule has 138 valence electrons. The molecule has 7 nitrogen and oxygen atoms in total. The highest BCUT2D eigenvalue weighted by atomic mass is 32.2. The largest absolute Gasteiger partial charge is 0.424 e. The molecule has 0 atom stereocenters. The van der Waals surface area contributed by atoms with Crippen LogP contribution in [0.5, 0.6) is 0 Å². The fraction of sp³-hybridized carbons (Fsp3) is 0.368. The molecule has 1 aliphatic heterocycles. The summed E-state index contributed by atoms with van der Waals surface area (Å²) in [6.45, 7) is 13.6. The van der Waals surface area contributed by atoms with E-state index >= 15 is 0 Å². The van der Waals surface area contributed by atoms with Gasteiger partial charge >= 0.3 is 0 Å². The van der Waals surface area contributed by atoms with Crippen LogP contribution < -0.4 is 4.90 Å². The van der Waals surface area contributed by atoms with Crippen molar-refractivity contribution in [1.82, 2.24) is 19.9 Å². The van der Waals surface area contributed by atoms with Gasteiger partial charge in [0.25, 0.3) is 6.01 Å². The molecule has 0 aliphatic carbocycles. The predicted octanol–water partition coefficient (Wildman–Crippen LogP) is 3.60. The van der Waals surface area contributed by atoms with E-state index in [1.807, 2.05) is 18.5 Å². The summed E-state index contributed by atoms with van der Waals surface area (Å²) in [7, 11) is 0. The highest BCUT2D eigenvalue weighted by Crippen LogP contribution is 2.26. The molecule has 0 bridgehead atoms. The number of anilines is 1. The van der Waals surface area contributed by atoms with Gasteiger partial charge in [0.15, 0.2) is 16.4 Å². The fourth-order valence-electron chi connectivity index (χ4n) is 3.09. The zero-order valence-corrected chi connectivity index (χ0v) is 15.9. The van der Waals surface area contributed by atoms with Crippen LogP contribution in [0.1, 0.15) is 12.5 Å². The van der Waals surface area contributed by atoms with Crippen LogP contribution >= 0.6 is 11.8 Å². The van der Waals surface area contributed by atoms with Crippen LogP contribution in [-0.4, -0.2) is 51.8 Å². The standard InChI is InChI=1S/C19H20N6OS/c1-3-27-18-21-11-14(12-22-18)13-24-6-8-25(9-7-24)19-23-16-10-15(20-2)4-5-17(16)26-19/h4-5,10-12H,3,6-9,13H2,1H3. The normalized spacial score (nSPS) is 15.2. The highest BCUT2D eigenvalue weighted by Gasteiger charge is 2.21. The van der Waals surface area contributed by atoms with Gasteiger partial charge in [-0.15, -0.1) is 0 Å². The smallest absolute Gasteiger partial charge is 0.298 e. The van der Waals surface area contributed by atoms with Gasteiger partial charge in [0.1, 0.15) is 5.52 Å². The Hall–Kier alpha value is -2.63. The van der Waals surface area contributed by atoms with Gasteiger partial charge in [-0.2, -0.15) is 4.98 Å². The molecule has 0 unspecified atom stereocenters. The quantitative estimate of drug-likeness (QED) is 0.381. The van der Waals surface area contributed by atoms with E-state index in [0.29, 0.717) is 11.7 Å². The summed E-state index contributed by atoms with van der Waals surface area (Å²) in [6, 6.07) is 5.98. The third-order valence-electron chi connectivity index (χ3n) is 4.49. The Morgan fingerprint density at radius 2 is 1.96 bits per heavy atom. The topological polar surface area (TPSA) is 62.7 Å². The second-order valence-corrected chi connectivity index (χ2v) is 7.56. The maximum absolute atomic E-state index is 7.11. The molecule has 1 fully saturated rings. The number of aromatic nitrogens is 3. The van der Waals surface area contributed by atoms with Gasteiger partial charge < -0.3 is 9.32 Å². The summed E-state index contributed by atoms with van der Waals surface area (Å²) in [4.78, 5) is 21.4. The summed E-state index contributed by atoms with van der Waals surface area (Å²) in [5, 5.41) is 0.836. The molecule has 3 aromatic rings. The molecule has 2 aromatic heterocycles. The molecule has 1 aliphatic rings. The zero-order chi connectivity index (χ0) is 18.6. The third-order valence-corrected chi connectivity index (χ3v) is 5.25. The van der Waals surface area contributed by atoms with Crippen molar-refractivity contribution in [2.45, 2.75) is 18.6 Å². The fourth-order valence-corrected chi connectivity index (χ4v) is 3.60. The van der Waals surface area contributed by atoms with Gasteiger partial charge in [-0.05, 0) is 17.9 Å². The van der Waals surface area contributed by atoms with Crippen molar-refractivity contribution in [2.24, 2.45) is 0 Å². The molecule has 0 saturated carbocycles. The first-order valence-electron chi connectivity index (χ1n) is 8.94. The van der Waals surface area contributed by atoms with Crippen molar-refractivity contribution >= 4 is 34.6 Å². The molecule has 27 heavy (non-hydrogen) atoms. The molecular weight excluding hydrogens is 360 g/mol. The Balaban J connectivity index is 1.36. The lowest BCUT2D eigenvalue weighted by Gasteiger charge is -2.33. The van der Waals surface area contributed by atoms with Gasteiger partial charge in [-0.25, -0.2) is 14.8 Å². The summed E-state index contributed by atoms with van der Waals surface area (Å²) in [5.74, 6) is 0.982. The van der Waals surface area contributed by atoms with E-state index in [0.717, 1.165) is 60.3 Å². The van der Waals surface area contributed by atoms with E-state index in [-0.39, 0.29) is 0 Å². The first-order valence-corrected chi connectivity index (χ1v) is 9.93. The summed E-state index contributed by atoms with van der Waals surface area (Å²) in [5.41, 5.74) is 3.18. The van der Waals surface area contributed by atoms with Gasteiger partial charge in [-0.3, -0.25) is 4.90 Å². The van der Waals surface area contributed by atoms with Crippen LogP contribution in [-0.2, 0) is 6.54 Å². The van der Waals surface area contributed by atoms with Crippen molar-refractivity contribution in [1.29, 1.82) is 0 Å². The maximum atomic E-state index is 7.11. The molecular formula is C19H20N6OS. The molecule has 0 N–H and O–H groups in total.